The van der Waals surface area contributed by atoms with Crippen molar-refractivity contribution in [3.63, 3.8) is 0 Å². The highest BCUT2D eigenvalue weighted by Crippen LogP contribution is 2.27. The smallest absolute Gasteiger partial charge is 0.319 e. The molecule has 28 heavy (non-hydrogen) atoms. The van der Waals surface area contributed by atoms with E-state index in [-0.39, 0.29) is 24.7 Å². The molecule has 2 N–H and O–H groups in total. The van der Waals surface area contributed by atoms with Crippen LogP contribution in [0.1, 0.15) is 10.7 Å². The van der Waals surface area contributed by atoms with Crippen LogP contribution in [0.2, 0.25) is 0 Å². The van der Waals surface area contributed by atoms with Gasteiger partial charge in [-0.1, -0.05) is 12.1 Å². The summed E-state index contributed by atoms with van der Waals surface area (Å²) in [6, 6.07) is 9.91. The number of hydrogen-bond donors (Lipinski definition) is 2. The number of thiazole rings is 1. The number of nitrogens with one attached hydrogen (secondary N) is 2. The maximum Gasteiger partial charge on any atom is 0.319 e. The Bertz CT molecular complexity index is 1040. The number of hydrogen-bond acceptors (Lipinski definition) is 6. The summed E-state index contributed by atoms with van der Waals surface area (Å²) < 4.78 is 6.54. The highest BCUT2D eigenvalue weighted by atomic mass is 32.1. The summed E-state index contributed by atoms with van der Waals surface area (Å²) in [5.74, 6) is 0.568. The summed E-state index contributed by atoms with van der Waals surface area (Å²) in [5.41, 5.74) is 1.92. The van der Waals surface area contributed by atoms with E-state index < -0.39 is 0 Å². The van der Waals surface area contributed by atoms with Gasteiger partial charge in [-0.15, -0.1) is 11.3 Å². The van der Waals surface area contributed by atoms with Crippen LogP contribution in [0.5, 0.6) is 5.75 Å². The van der Waals surface area contributed by atoms with Crippen molar-refractivity contribution in [1.82, 2.24) is 20.1 Å². The zero-order chi connectivity index (χ0) is 20.1. The summed E-state index contributed by atoms with van der Waals surface area (Å²) in [7, 11) is 1.54. The monoisotopic (exact) mass is 399 g/mol. The van der Waals surface area contributed by atoms with Crippen molar-refractivity contribution in [2.45, 2.75) is 20.4 Å². The van der Waals surface area contributed by atoms with Gasteiger partial charge in [0, 0.05) is 12.6 Å². The highest BCUT2D eigenvalue weighted by Gasteiger charge is 2.11. The van der Waals surface area contributed by atoms with Gasteiger partial charge >= 0.3 is 6.03 Å². The maximum atomic E-state index is 12.1. The molecule has 0 aliphatic carbocycles. The van der Waals surface area contributed by atoms with Crippen molar-refractivity contribution in [3.8, 4) is 16.3 Å². The number of rotatable bonds is 6. The number of anilines is 1. The third-order valence-electron chi connectivity index (χ3n) is 3.97. The number of urea groups is 1. The Morgan fingerprint density at radius 1 is 1.21 bits per heavy atom. The molecule has 0 aliphatic heterocycles. The van der Waals surface area contributed by atoms with Crippen molar-refractivity contribution in [2.75, 3.05) is 19.0 Å². The number of aryl methyl sites for hydroxylation is 2. The Hall–Kier alpha value is -3.20. The lowest BCUT2D eigenvalue weighted by atomic mass is 10.3. The van der Waals surface area contributed by atoms with Crippen molar-refractivity contribution >= 4 is 23.1 Å². The van der Waals surface area contributed by atoms with Gasteiger partial charge in [-0.05, 0) is 32.0 Å². The van der Waals surface area contributed by atoms with Crippen LogP contribution < -0.4 is 20.9 Å². The molecule has 0 radical (unpaired) electrons. The topological polar surface area (TPSA) is 98.1 Å². The predicted molar refractivity (Wildman–Crippen MR) is 109 cm³/mol. The molecule has 9 heteroatoms. The van der Waals surface area contributed by atoms with Crippen LogP contribution in [0.4, 0.5) is 10.5 Å². The molecule has 0 fully saturated rings. The molecule has 1 aromatic carbocycles. The lowest BCUT2D eigenvalue weighted by molar-refractivity contribution is 0.251. The van der Waals surface area contributed by atoms with E-state index in [1.807, 2.05) is 19.9 Å². The van der Waals surface area contributed by atoms with E-state index in [4.69, 9.17) is 4.74 Å². The van der Waals surface area contributed by atoms with E-state index in [9.17, 15) is 9.59 Å². The van der Waals surface area contributed by atoms with E-state index in [2.05, 4.69) is 20.7 Å². The van der Waals surface area contributed by atoms with Crippen molar-refractivity contribution in [1.29, 1.82) is 0 Å². The quantitative estimate of drug-likeness (QED) is 0.664. The Balaban J connectivity index is 1.63. The molecule has 0 aliphatic rings. The number of carbonyl (C=O) groups excluding carboxylic acids is 1. The standard InChI is InChI=1S/C19H21N5O3S/c1-12-18(28-13(2)21-12)15-8-9-17(25)24(23-15)11-10-20-19(26)22-14-6-4-5-7-16(14)27-3/h4-9H,10-11H2,1-3H3,(H2,20,22,26). The fraction of sp³-hybridized carbons (Fsp3) is 0.263. The molecule has 3 aromatic rings. The normalized spacial score (nSPS) is 10.5. The molecule has 0 unspecified atom stereocenters. The minimum absolute atomic E-state index is 0.227. The van der Waals surface area contributed by atoms with E-state index in [0.717, 1.165) is 15.6 Å². The van der Waals surface area contributed by atoms with Gasteiger partial charge in [-0.2, -0.15) is 5.10 Å². The van der Waals surface area contributed by atoms with Gasteiger partial charge in [0.15, 0.2) is 0 Å². The molecule has 0 atom stereocenters. The molecular weight excluding hydrogens is 378 g/mol. The van der Waals surface area contributed by atoms with E-state index in [1.54, 1.807) is 24.3 Å². The first-order chi connectivity index (χ1) is 13.5. The molecular formula is C19H21N5O3S. The zero-order valence-corrected chi connectivity index (χ0v) is 16.7. The molecule has 0 bridgehead atoms. The Morgan fingerprint density at radius 3 is 2.71 bits per heavy atom. The highest BCUT2D eigenvalue weighted by molar-refractivity contribution is 7.15. The summed E-state index contributed by atoms with van der Waals surface area (Å²) >= 11 is 1.53. The van der Waals surface area contributed by atoms with Gasteiger partial charge in [0.05, 0.1) is 34.9 Å². The second-order valence-electron chi connectivity index (χ2n) is 6.01. The van der Waals surface area contributed by atoms with Crippen LogP contribution in [-0.2, 0) is 6.54 Å². The number of aromatic nitrogens is 3. The molecule has 2 heterocycles. The molecule has 0 saturated carbocycles. The van der Waals surface area contributed by atoms with Crippen LogP contribution in [0.15, 0.2) is 41.2 Å². The van der Waals surface area contributed by atoms with E-state index in [1.165, 1.54) is 29.2 Å². The summed E-state index contributed by atoms with van der Waals surface area (Å²) in [6.07, 6.45) is 0. The van der Waals surface area contributed by atoms with Gasteiger partial charge < -0.3 is 15.4 Å². The fourth-order valence-electron chi connectivity index (χ4n) is 2.69. The average Bonchev–Trinajstić information content (AvgIpc) is 3.02. The van der Waals surface area contributed by atoms with Gasteiger partial charge in [0.2, 0.25) is 0 Å². The fourth-order valence-corrected chi connectivity index (χ4v) is 3.57. The van der Waals surface area contributed by atoms with Gasteiger partial charge in [0.25, 0.3) is 5.56 Å². The Morgan fingerprint density at radius 2 is 2.00 bits per heavy atom. The average molecular weight is 399 g/mol. The zero-order valence-electron chi connectivity index (χ0n) is 15.9. The number of para-hydroxylation sites is 2. The van der Waals surface area contributed by atoms with Gasteiger partial charge in [-0.3, -0.25) is 4.79 Å². The molecule has 2 aromatic heterocycles. The number of amides is 2. The second-order valence-corrected chi connectivity index (χ2v) is 7.21. The molecule has 8 nitrogen and oxygen atoms in total. The van der Waals surface area contributed by atoms with Crippen LogP contribution in [-0.4, -0.2) is 34.5 Å². The number of ether oxygens (including phenoxy) is 1. The minimum Gasteiger partial charge on any atom is -0.495 e. The Kier molecular flexibility index (Phi) is 6.05. The van der Waals surface area contributed by atoms with Crippen molar-refractivity contribution in [2.24, 2.45) is 0 Å². The van der Waals surface area contributed by atoms with Crippen LogP contribution in [0.25, 0.3) is 10.6 Å². The first-order valence-corrected chi connectivity index (χ1v) is 9.50. The SMILES string of the molecule is COc1ccccc1NC(=O)NCCn1nc(-c2sc(C)nc2C)ccc1=O. The lowest BCUT2D eigenvalue weighted by Crippen LogP contribution is -2.34. The number of carbonyl (C=O) groups is 1. The largest absolute Gasteiger partial charge is 0.495 e. The number of benzene rings is 1. The molecule has 146 valence electrons. The van der Waals surface area contributed by atoms with Gasteiger partial charge in [0.1, 0.15) is 11.4 Å². The molecule has 0 saturated heterocycles. The van der Waals surface area contributed by atoms with Crippen molar-refractivity contribution in [3.05, 3.63) is 57.5 Å². The maximum absolute atomic E-state index is 12.1. The summed E-state index contributed by atoms with van der Waals surface area (Å²) in [6.45, 7) is 4.35. The molecule has 0 spiro atoms. The van der Waals surface area contributed by atoms with Crippen LogP contribution in [0, 0.1) is 13.8 Å². The number of methoxy groups -OCH3 is 1. The third kappa shape index (κ3) is 4.55. The third-order valence-corrected chi connectivity index (χ3v) is 5.06. The van der Waals surface area contributed by atoms with Gasteiger partial charge in [-0.25, -0.2) is 14.5 Å². The van der Waals surface area contributed by atoms with E-state index >= 15 is 0 Å². The summed E-state index contributed by atoms with van der Waals surface area (Å²) in [5, 5.41) is 10.8. The molecule has 2 amide bonds. The first kappa shape index (κ1) is 19.6. The van der Waals surface area contributed by atoms with Crippen LogP contribution >= 0.6 is 11.3 Å². The van der Waals surface area contributed by atoms with Crippen LogP contribution in [0.3, 0.4) is 0 Å². The Labute approximate surface area is 166 Å². The summed E-state index contributed by atoms with van der Waals surface area (Å²) in [4.78, 5) is 29.5. The lowest BCUT2D eigenvalue weighted by Gasteiger charge is -2.11. The molecule has 3 rings (SSSR count). The first-order valence-electron chi connectivity index (χ1n) is 8.68. The second kappa shape index (κ2) is 8.66. The van der Waals surface area contributed by atoms with E-state index in [0.29, 0.717) is 17.1 Å². The minimum atomic E-state index is -0.386. The predicted octanol–water partition coefficient (Wildman–Crippen LogP) is 2.81. The van der Waals surface area contributed by atoms with Crippen molar-refractivity contribution < 1.29 is 9.53 Å². The number of nitrogens with zero attached hydrogens (tertiary/aromatic N) is 3.